The van der Waals surface area contributed by atoms with Crippen molar-refractivity contribution in [1.29, 1.82) is 0 Å². The minimum absolute atomic E-state index is 0.114. The molecular formula is C18H19FN4O. The van der Waals surface area contributed by atoms with E-state index >= 15 is 0 Å². The number of unbranched alkanes of at least 4 members (excludes halogenated alkanes) is 1. The maximum Gasteiger partial charge on any atom is 0.273 e. The van der Waals surface area contributed by atoms with Crippen molar-refractivity contribution in [3.05, 3.63) is 54.4 Å². The van der Waals surface area contributed by atoms with Crippen LogP contribution in [0.4, 0.5) is 4.39 Å². The number of hydrogen-bond acceptors (Lipinski definition) is 3. The second kappa shape index (κ2) is 6.78. The van der Waals surface area contributed by atoms with Crippen molar-refractivity contribution in [3.8, 4) is 11.3 Å². The van der Waals surface area contributed by atoms with Crippen molar-refractivity contribution >= 4 is 11.6 Å². The van der Waals surface area contributed by atoms with Crippen LogP contribution in [0.2, 0.25) is 0 Å². The van der Waals surface area contributed by atoms with Crippen molar-refractivity contribution in [3.63, 3.8) is 0 Å². The van der Waals surface area contributed by atoms with Crippen LogP contribution < -0.4 is 0 Å². The predicted molar refractivity (Wildman–Crippen MR) is 90.2 cm³/mol. The molecule has 24 heavy (non-hydrogen) atoms. The molecule has 0 aliphatic heterocycles. The van der Waals surface area contributed by atoms with Crippen LogP contribution in [-0.2, 0) is 0 Å². The van der Waals surface area contributed by atoms with E-state index in [0.29, 0.717) is 23.6 Å². The van der Waals surface area contributed by atoms with Gasteiger partial charge in [-0.1, -0.05) is 13.3 Å². The lowest BCUT2D eigenvalue weighted by atomic mass is 10.1. The molecule has 6 heteroatoms. The fourth-order valence-corrected chi connectivity index (χ4v) is 2.53. The van der Waals surface area contributed by atoms with Gasteiger partial charge in [0.05, 0.1) is 0 Å². The summed E-state index contributed by atoms with van der Waals surface area (Å²) in [4.78, 5) is 23.0. The SMILES string of the molecule is CCCCN(C)C(=O)c1cn2ccnc(-c3ccc(F)cc3)c2n1. The van der Waals surface area contributed by atoms with Crippen molar-refractivity contribution in [2.75, 3.05) is 13.6 Å². The van der Waals surface area contributed by atoms with Crippen LogP contribution in [-0.4, -0.2) is 38.8 Å². The molecule has 0 fully saturated rings. The number of benzene rings is 1. The van der Waals surface area contributed by atoms with Gasteiger partial charge in [0.2, 0.25) is 0 Å². The smallest absolute Gasteiger partial charge is 0.273 e. The Morgan fingerprint density at radius 2 is 2.04 bits per heavy atom. The summed E-state index contributed by atoms with van der Waals surface area (Å²) in [5, 5.41) is 0. The molecule has 0 radical (unpaired) electrons. The Morgan fingerprint density at radius 3 is 2.75 bits per heavy atom. The zero-order valence-corrected chi connectivity index (χ0v) is 13.7. The maximum atomic E-state index is 13.1. The lowest BCUT2D eigenvalue weighted by Gasteiger charge is -2.14. The Labute approximate surface area is 139 Å². The van der Waals surface area contributed by atoms with E-state index in [0.717, 1.165) is 18.4 Å². The molecule has 0 atom stereocenters. The van der Waals surface area contributed by atoms with E-state index in [4.69, 9.17) is 0 Å². The fraction of sp³-hybridized carbons (Fsp3) is 0.278. The molecule has 0 saturated heterocycles. The lowest BCUT2D eigenvalue weighted by Crippen LogP contribution is -2.27. The Balaban J connectivity index is 1.98. The number of halogens is 1. The molecule has 0 bridgehead atoms. The minimum atomic E-state index is -0.303. The van der Waals surface area contributed by atoms with Crippen LogP contribution >= 0.6 is 0 Å². The van der Waals surface area contributed by atoms with Gasteiger partial charge < -0.3 is 9.30 Å². The summed E-state index contributed by atoms with van der Waals surface area (Å²) in [6.07, 6.45) is 7.08. The molecule has 3 rings (SSSR count). The van der Waals surface area contributed by atoms with E-state index in [1.807, 2.05) is 0 Å². The first kappa shape index (κ1) is 16.1. The van der Waals surface area contributed by atoms with Gasteiger partial charge in [-0.2, -0.15) is 0 Å². The molecule has 0 N–H and O–H groups in total. The fourth-order valence-electron chi connectivity index (χ4n) is 2.53. The normalized spacial score (nSPS) is 11.0. The molecule has 0 aliphatic carbocycles. The summed E-state index contributed by atoms with van der Waals surface area (Å²) in [7, 11) is 1.78. The number of amides is 1. The average molecular weight is 326 g/mol. The van der Waals surface area contributed by atoms with Crippen LogP contribution in [0.5, 0.6) is 0 Å². The van der Waals surface area contributed by atoms with Crippen LogP contribution in [0.1, 0.15) is 30.3 Å². The Bertz CT molecular complexity index is 857. The van der Waals surface area contributed by atoms with E-state index in [2.05, 4.69) is 16.9 Å². The van der Waals surface area contributed by atoms with Gasteiger partial charge in [-0.3, -0.25) is 9.78 Å². The standard InChI is InChI=1S/C18H19FN4O/c1-3-4-10-22(2)18(24)15-12-23-11-9-20-16(17(23)21-15)13-5-7-14(19)8-6-13/h5-9,11-12H,3-4,10H2,1-2H3. The number of aromatic nitrogens is 3. The first-order valence-electron chi connectivity index (χ1n) is 7.95. The molecule has 1 aromatic carbocycles. The number of carbonyl (C=O) groups excluding carboxylic acids is 1. The predicted octanol–water partition coefficient (Wildman–Crippen LogP) is 3.41. The van der Waals surface area contributed by atoms with E-state index < -0.39 is 0 Å². The van der Waals surface area contributed by atoms with Crippen LogP contribution in [0, 0.1) is 5.82 Å². The molecular weight excluding hydrogens is 307 g/mol. The summed E-state index contributed by atoms with van der Waals surface area (Å²) in [6.45, 7) is 2.79. The minimum Gasteiger partial charge on any atom is -0.340 e. The van der Waals surface area contributed by atoms with E-state index in [9.17, 15) is 9.18 Å². The van der Waals surface area contributed by atoms with E-state index in [1.165, 1.54) is 12.1 Å². The molecule has 1 amide bonds. The number of rotatable bonds is 5. The number of hydrogen-bond donors (Lipinski definition) is 0. The third-order valence-corrected chi connectivity index (χ3v) is 3.91. The molecule has 124 valence electrons. The van der Waals surface area contributed by atoms with Gasteiger partial charge in [-0.25, -0.2) is 9.37 Å². The van der Waals surface area contributed by atoms with Gasteiger partial charge >= 0.3 is 0 Å². The van der Waals surface area contributed by atoms with Gasteiger partial charge in [0.1, 0.15) is 17.2 Å². The van der Waals surface area contributed by atoms with Gasteiger partial charge in [-0.05, 0) is 30.7 Å². The van der Waals surface area contributed by atoms with Gasteiger partial charge in [0.25, 0.3) is 5.91 Å². The molecule has 3 aromatic rings. The van der Waals surface area contributed by atoms with Crippen molar-refractivity contribution in [1.82, 2.24) is 19.3 Å². The largest absolute Gasteiger partial charge is 0.340 e. The van der Waals surface area contributed by atoms with Crippen LogP contribution in [0.3, 0.4) is 0 Å². The molecule has 2 heterocycles. The molecule has 0 saturated carbocycles. The molecule has 0 unspecified atom stereocenters. The Morgan fingerprint density at radius 1 is 1.29 bits per heavy atom. The Kier molecular flexibility index (Phi) is 4.55. The van der Waals surface area contributed by atoms with Crippen LogP contribution in [0.25, 0.3) is 16.9 Å². The highest BCUT2D eigenvalue weighted by Gasteiger charge is 2.17. The van der Waals surface area contributed by atoms with Crippen molar-refractivity contribution < 1.29 is 9.18 Å². The number of nitrogens with zero attached hydrogens (tertiary/aromatic N) is 4. The zero-order chi connectivity index (χ0) is 17.1. The van der Waals surface area contributed by atoms with Gasteiger partial charge in [0, 0.05) is 37.7 Å². The third-order valence-electron chi connectivity index (χ3n) is 3.91. The van der Waals surface area contributed by atoms with E-state index in [1.54, 1.807) is 47.1 Å². The van der Waals surface area contributed by atoms with Gasteiger partial charge in [-0.15, -0.1) is 0 Å². The highest BCUT2D eigenvalue weighted by atomic mass is 19.1. The van der Waals surface area contributed by atoms with Crippen molar-refractivity contribution in [2.24, 2.45) is 0 Å². The first-order chi connectivity index (χ1) is 11.6. The average Bonchev–Trinajstić information content (AvgIpc) is 3.04. The van der Waals surface area contributed by atoms with Crippen LogP contribution in [0.15, 0.2) is 42.9 Å². The second-order valence-electron chi connectivity index (χ2n) is 5.72. The highest BCUT2D eigenvalue weighted by molar-refractivity contribution is 5.93. The highest BCUT2D eigenvalue weighted by Crippen LogP contribution is 2.22. The summed E-state index contributed by atoms with van der Waals surface area (Å²) in [6, 6.07) is 6.07. The summed E-state index contributed by atoms with van der Waals surface area (Å²) in [5.41, 5.74) is 2.33. The summed E-state index contributed by atoms with van der Waals surface area (Å²) >= 11 is 0. The monoisotopic (exact) mass is 326 g/mol. The summed E-state index contributed by atoms with van der Waals surface area (Å²) in [5.74, 6) is -0.417. The quantitative estimate of drug-likeness (QED) is 0.722. The molecule has 0 aliphatic rings. The summed E-state index contributed by atoms with van der Waals surface area (Å²) < 4.78 is 14.9. The second-order valence-corrected chi connectivity index (χ2v) is 5.72. The zero-order valence-electron chi connectivity index (χ0n) is 13.7. The molecule has 0 spiro atoms. The number of carbonyl (C=O) groups is 1. The first-order valence-corrected chi connectivity index (χ1v) is 7.95. The van der Waals surface area contributed by atoms with Crippen molar-refractivity contribution in [2.45, 2.75) is 19.8 Å². The van der Waals surface area contributed by atoms with Gasteiger partial charge in [0.15, 0.2) is 5.65 Å². The molecule has 5 nitrogen and oxygen atoms in total. The number of imidazole rings is 1. The molecule has 2 aromatic heterocycles. The number of fused-ring (bicyclic) bond motifs is 1. The Hall–Kier alpha value is -2.76. The third kappa shape index (κ3) is 3.13. The van der Waals surface area contributed by atoms with E-state index in [-0.39, 0.29) is 11.7 Å². The topological polar surface area (TPSA) is 50.5 Å². The lowest BCUT2D eigenvalue weighted by molar-refractivity contribution is 0.0788. The maximum absolute atomic E-state index is 13.1.